The van der Waals surface area contributed by atoms with Crippen LogP contribution in [0.25, 0.3) is 0 Å². The molecule has 0 aliphatic carbocycles. The highest BCUT2D eigenvalue weighted by Gasteiger charge is 2.23. The van der Waals surface area contributed by atoms with E-state index in [4.69, 9.17) is 9.84 Å². The topological polar surface area (TPSA) is 49.8 Å². The highest BCUT2D eigenvalue weighted by molar-refractivity contribution is 5.69. The Kier molecular flexibility index (Phi) is 5.40. The first-order valence-corrected chi connectivity index (χ1v) is 6.48. The van der Waals surface area contributed by atoms with Gasteiger partial charge in [-0.15, -0.1) is 0 Å². The Morgan fingerprint density at radius 3 is 2.65 bits per heavy atom. The first kappa shape index (κ1) is 14.5. The molecular weight excluding hydrogens is 218 g/mol. The van der Waals surface area contributed by atoms with E-state index in [2.05, 4.69) is 20.8 Å². The van der Waals surface area contributed by atoms with E-state index < -0.39 is 5.97 Å². The summed E-state index contributed by atoms with van der Waals surface area (Å²) in [4.78, 5) is 12.8. The largest absolute Gasteiger partial charge is 0.480 e. The van der Waals surface area contributed by atoms with Crippen LogP contribution in [-0.4, -0.2) is 47.3 Å². The van der Waals surface area contributed by atoms with Crippen LogP contribution in [0.1, 0.15) is 46.5 Å². The maximum absolute atomic E-state index is 10.8. The molecule has 100 valence electrons. The van der Waals surface area contributed by atoms with Crippen LogP contribution in [0.5, 0.6) is 0 Å². The minimum atomic E-state index is -0.753. The summed E-state index contributed by atoms with van der Waals surface area (Å²) >= 11 is 0. The number of carboxylic acid groups (broad SMARTS) is 1. The molecule has 0 aromatic heterocycles. The summed E-state index contributed by atoms with van der Waals surface area (Å²) in [6.07, 6.45) is 4.79. The predicted octanol–water partition coefficient (Wildman–Crippen LogP) is 2.13. The minimum absolute atomic E-state index is 0.0884. The van der Waals surface area contributed by atoms with Gasteiger partial charge in [0.25, 0.3) is 0 Å². The van der Waals surface area contributed by atoms with E-state index in [0.29, 0.717) is 6.10 Å². The molecule has 17 heavy (non-hydrogen) atoms. The summed E-state index contributed by atoms with van der Waals surface area (Å²) in [6, 6.07) is 0. The summed E-state index contributed by atoms with van der Waals surface area (Å²) in [5, 5.41) is 8.89. The molecule has 0 amide bonds. The van der Waals surface area contributed by atoms with Gasteiger partial charge in [-0.3, -0.25) is 9.69 Å². The molecule has 1 heterocycles. The molecule has 4 heteroatoms. The Hall–Kier alpha value is -0.610. The molecule has 0 aromatic carbocycles. The van der Waals surface area contributed by atoms with Gasteiger partial charge in [-0.1, -0.05) is 0 Å². The van der Waals surface area contributed by atoms with E-state index in [1.807, 2.05) is 4.90 Å². The second-order valence-corrected chi connectivity index (χ2v) is 5.76. The number of carbonyl (C=O) groups is 1. The lowest BCUT2D eigenvalue weighted by Gasteiger charge is -2.34. The number of carboxylic acids is 1. The maximum Gasteiger partial charge on any atom is 0.317 e. The number of ether oxygens (including phenoxy) is 1. The van der Waals surface area contributed by atoms with E-state index >= 15 is 0 Å². The van der Waals surface area contributed by atoms with E-state index in [1.165, 1.54) is 6.42 Å². The molecule has 1 unspecified atom stereocenters. The average molecular weight is 243 g/mol. The Labute approximate surface area is 104 Å². The Morgan fingerprint density at radius 2 is 2.18 bits per heavy atom. The van der Waals surface area contributed by atoms with Crippen molar-refractivity contribution in [2.75, 3.05) is 19.7 Å². The van der Waals surface area contributed by atoms with Crippen LogP contribution in [-0.2, 0) is 9.53 Å². The monoisotopic (exact) mass is 243 g/mol. The second-order valence-electron chi connectivity index (χ2n) is 5.76. The van der Waals surface area contributed by atoms with Crippen molar-refractivity contribution in [3.63, 3.8) is 0 Å². The molecule has 0 bridgehead atoms. The summed E-state index contributed by atoms with van der Waals surface area (Å²) in [5.41, 5.74) is -0.0884. The molecule has 1 rings (SSSR count). The van der Waals surface area contributed by atoms with Crippen molar-refractivity contribution in [2.45, 2.75) is 58.1 Å². The van der Waals surface area contributed by atoms with Gasteiger partial charge in [-0.25, -0.2) is 0 Å². The van der Waals surface area contributed by atoms with Gasteiger partial charge in [0, 0.05) is 12.1 Å². The lowest BCUT2D eigenvalue weighted by molar-refractivity contribution is -0.139. The van der Waals surface area contributed by atoms with E-state index in [9.17, 15) is 4.79 Å². The minimum Gasteiger partial charge on any atom is -0.480 e. The van der Waals surface area contributed by atoms with Crippen LogP contribution >= 0.6 is 0 Å². The molecule has 0 aromatic rings. The third kappa shape index (κ3) is 5.50. The quantitative estimate of drug-likeness (QED) is 0.776. The van der Waals surface area contributed by atoms with Crippen molar-refractivity contribution in [3.05, 3.63) is 0 Å². The van der Waals surface area contributed by atoms with E-state index in [0.717, 1.165) is 32.4 Å². The molecule has 0 spiro atoms. The Morgan fingerprint density at radius 1 is 1.47 bits per heavy atom. The lowest BCUT2D eigenvalue weighted by Crippen LogP contribution is -2.45. The number of hydrogen-bond donors (Lipinski definition) is 1. The van der Waals surface area contributed by atoms with Gasteiger partial charge in [-0.2, -0.15) is 0 Å². The molecule has 0 saturated carbocycles. The average Bonchev–Trinajstić information content (AvgIpc) is 2.67. The third-order valence-electron chi connectivity index (χ3n) is 3.25. The highest BCUT2D eigenvalue weighted by Crippen LogP contribution is 2.19. The normalized spacial score (nSPS) is 21.1. The number of hydrogen-bond acceptors (Lipinski definition) is 3. The number of nitrogens with zero attached hydrogens (tertiary/aromatic N) is 1. The smallest absolute Gasteiger partial charge is 0.317 e. The molecule has 1 N–H and O–H groups in total. The van der Waals surface area contributed by atoms with Crippen LogP contribution in [0, 0.1) is 0 Å². The first-order valence-electron chi connectivity index (χ1n) is 6.48. The molecule has 1 saturated heterocycles. The summed E-state index contributed by atoms with van der Waals surface area (Å²) < 4.78 is 5.57. The van der Waals surface area contributed by atoms with Crippen molar-refractivity contribution in [1.82, 2.24) is 4.90 Å². The molecule has 1 atom stereocenters. The van der Waals surface area contributed by atoms with Crippen LogP contribution in [0.4, 0.5) is 0 Å². The van der Waals surface area contributed by atoms with Gasteiger partial charge in [-0.05, 0) is 53.0 Å². The van der Waals surface area contributed by atoms with Gasteiger partial charge in [0.15, 0.2) is 0 Å². The molecule has 0 radical (unpaired) electrons. The van der Waals surface area contributed by atoms with E-state index in [1.54, 1.807) is 0 Å². The highest BCUT2D eigenvalue weighted by atomic mass is 16.5. The third-order valence-corrected chi connectivity index (χ3v) is 3.25. The lowest BCUT2D eigenvalue weighted by atomic mass is 10.0. The Balaban J connectivity index is 2.30. The molecular formula is C13H25NO3. The Bertz CT molecular complexity index is 242. The zero-order chi connectivity index (χ0) is 12.9. The van der Waals surface area contributed by atoms with Gasteiger partial charge in [0.05, 0.1) is 12.6 Å². The zero-order valence-corrected chi connectivity index (χ0v) is 11.2. The molecule has 1 aliphatic rings. The fourth-order valence-electron chi connectivity index (χ4n) is 2.20. The van der Waals surface area contributed by atoms with Crippen LogP contribution in [0.15, 0.2) is 0 Å². The fourth-order valence-corrected chi connectivity index (χ4v) is 2.20. The van der Waals surface area contributed by atoms with Gasteiger partial charge in [0.2, 0.25) is 0 Å². The first-order chi connectivity index (χ1) is 7.89. The van der Waals surface area contributed by atoms with Gasteiger partial charge in [0.1, 0.15) is 0 Å². The maximum atomic E-state index is 10.8. The molecule has 1 fully saturated rings. The van der Waals surface area contributed by atoms with Crippen LogP contribution in [0.2, 0.25) is 0 Å². The predicted molar refractivity (Wildman–Crippen MR) is 67.2 cm³/mol. The standard InChI is InChI=1S/C13H25NO3/c1-13(2,3)14(10-12(15)16)8-4-6-11-7-5-9-17-11/h11H,4-10H2,1-3H3,(H,15,16). The zero-order valence-electron chi connectivity index (χ0n) is 11.2. The molecule has 1 aliphatic heterocycles. The fraction of sp³-hybridized carbons (Fsp3) is 0.923. The molecule has 4 nitrogen and oxygen atoms in total. The van der Waals surface area contributed by atoms with Gasteiger partial charge < -0.3 is 9.84 Å². The van der Waals surface area contributed by atoms with Crippen molar-refractivity contribution >= 4 is 5.97 Å². The SMILES string of the molecule is CC(C)(C)N(CCCC1CCCO1)CC(=O)O. The van der Waals surface area contributed by atoms with Gasteiger partial charge >= 0.3 is 5.97 Å². The van der Waals surface area contributed by atoms with Crippen LogP contribution in [0.3, 0.4) is 0 Å². The van der Waals surface area contributed by atoms with Crippen molar-refractivity contribution < 1.29 is 14.6 Å². The van der Waals surface area contributed by atoms with Crippen molar-refractivity contribution in [1.29, 1.82) is 0 Å². The number of aliphatic carboxylic acids is 1. The van der Waals surface area contributed by atoms with Crippen LogP contribution < -0.4 is 0 Å². The summed E-state index contributed by atoms with van der Waals surface area (Å²) in [6.45, 7) is 8.01. The van der Waals surface area contributed by atoms with Crippen molar-refractivity contribution in [2.24, 2.45) is 0 Å². The van der Waals surface area contributed by atoms with E-state index in [-0.39, 0.29) is 12.1 Å². The number of rotatable bonds is 6. The second kappa shape index (κ2) is 6.36. The van der Waals surface area contributed by atoms with Crippen molar-refractivity contribution in [3.8, 4) is 0 Å². The summed E-state index contributed by atoms with van der Waals surface area (Å²) in [7, 11) is 0. The summed E-state index contributed by atoms with van der Waals surface area (Å²) in [5.74, 6) is -0.753.